The Balaban J connectivity index is 4.29. The molecule has 1 unspecified atom stereocenters. The van der Waals surface area contributed by atoms with Crippen LogP contribution in [0.4, 0.5) is 8.78 Å². The highest BCUT2D eigenvalue weighted by Gasteiger charge is 2.26. The van der Waals surface area contributed by atoms with Gasteiger partial charge in [-0.1, -0.05) is 19.9 Å². The lowest BCUT2D eigenvalue weighted by Crippen LogP contribution is -2.31. The summed E-state index contributed by atoms with van der Waals surface area (Å²) < 4.78 is 28.3. The Bertz CT molecular complexity index is 172. The Morgan fingerprint density at radius 1 is 1.21 bits per heavy atom. The van der Waals surface area contributed by atoms with E-state index in [1.165, 1.54) is 6.08 Å². The third-order valence-electron chi connectivity index (χ3n) is 2.60. The molecule has 0 heterocycles. The lowest BCUT2D eigenvalue weighted by atomic mass is 9.87. The summed E-state index contributed by atoms with van der Waals surface area (Å²) in [4.78, 5) is 0. The first-order valence-corrected chi connectivity index (χ1v) is 4.64. The monoisotopic (exact) mass is 208 g/mol. The summed E-state index contributed by atoms with van der Waals surface area (Å²) in [5.41, 5.74) is 0. The van der Waals surface area contributed by atoms with Crippen LogP contribution in [0.3, 0.4) is 0 Å². The molecule has 0 aliphatic heterocycles. The van der Waals surface area contributed by atoms with E-state index in [-0.39, 0.29) is 11.8 Å². The number of alkyl halides is 2. The second-order valence-electron chi connectivity index (χ2n) is 3.56. The highest BCUT2D eigenvalue weighted by molar-refractivity contribution is 4.87. The average molecular weight is 208 g/mol. The standard InChI is InChI=1S/C10H18F2O2/c1-5-9(14-10(11)12)7(3)6(2)8(4)13/h5-10,13H,1H2,2-4H3/t6-,7+,8+,9?/m1/s1. The van der Waals surface area contributed by atoms with Crippen molar-refractivity contribution in [3.05, 3.63) is 12.7 Å². The van der Waals surface area contributed by atoms with E-state index < -0.39 is 18.8 Å². The Labute approximate surface area is 83.6 Å². The molecule has 0 fully saturated rings. The average Bonchev–Trinajstić information content (AvgIpc) is 2.11. The molecule has 84 valence electrons. The van der Waals surface area contributed by atoms with E-state index in [0.717, 1.165) is 0 Å². The maximum absolute atomic E-state index is 12.0. The molecule has 0 radical (unpaired) electrons. The Kier molecular flexibility index (Phi) is 5.88. The van der Waals surface area contributed by atoms with Gasteiger partial charge in [0.15, 0.2) is 0 Å². The second-order valence-corrected chi connectivity index (χ2v) is 3.56. The molecule has 4 heteroatoms. The SMILES string of the molecule is C=CC(OC(F)F)[C@@H](C)[C@@H](C)[C@H](C)O. The Morgan fingerprint density at radius 2 is 1.71 bits per heavy atom. The molecule has 0 amide bonds. The molecule has 14 heavy (non-hydrogen) atoms. The molecule has 2 nitrogen and oxygen atoms in total. The molecule has 1 N–H and O–H groups in total. The van der Waals surface area contributed by atoms with Gasteiger partial charge in [-0.05, 0) is 18.8 Å². The summed E-state index contributed by atoms with van der Waals surface area (Å²) in [5, 5.41) is 9.29. The molecule has 0 aliphatic carbocycles. The summed E-state index contributed by atoms with van der Waals surface area (Å²) in [7, 11) is 0. The van der Waals surface area contributed by atoms with Crippen LogP contribution in [0.1, 0.15) is 20.8 Å². The molecule has 0 aliphatic rings. The molecule has 0 aromatic heterocycles. The van der Waals surface area contributed by atoms with Gasteiger partial charge in [-0.2, -0.15) is 8.78 Å². The van der Waals surface area contributed by atoms with Crippen LogP contribution in [0.25, 0.3) is 0 Å². The topological polar surface area (TPSA) is 29.5 Å². The smallest absolute Gasteiger partial charge is 0.345 e. The molecule has 4 atom stereocenters. The lowest BCUT2D eigenvalue weighted by molar-refractivity contribution is -0.167. The van der Waals surface area contributed by atoms with E-state index in [0.29, 0.717) is 0 Å². The van der Waals surface area contributed by atoms with E-state index in [9.17, 15) is 13.9 Å². The molecule has 0 rings (SSSR count). The van der Waals surface area contributed by atoms with Gasteiger partial charge < -0.3 is 9.84 Å². The van der Waals surface area contributed by atoms with Crippen molar-refractivity contribution in [3.63, 3.8) is 0 Å². The van der Waals surface area contributed by atoms with Crippen LogP contribution < -0.4 is 0 Å². The number of aliphatic hydroxyl groups is 1. The fourth-order valence-corrected chi connectivity index (χ4v) is 1.25. The zero-order chi connectivity index (χ0) is 11.3. The Morgan fingerprint density at radius 3 is 2.00 bits per heavy atom. The van der Waals surface area contributed by atoms with Crippen molar-refractivity contribution in [2.24, 2.45) is 11.8 Å². The lowest BCUT2D eigenvalue weighted by Gasteiger charge is -2.28. The quantitative estimate of drug-likeness (QED) is 0.679. The van der Waals surface area contributed by atoms with Gasteiger partial charge in [0.2, 0.25) is 0 Å². The second kappa shape index (κ2) is 6.09. The van der Waals surface area contributed by atoms with Crippen molar-refractivity contribution in [3.8, 4) is 0 Å². The van der Waals surface area contributed by atoms with E-state index >= 15 is 0 Å². The Hall–Kier alpha value is -0.480. The predicted octanol–water partition coefficient (Wildman–Crippen LogP) is 2.43. The third kappa shape index (κ3) is 4.15. The number of rotatable bonds is 6. The van der Waals surface area contributed by atoms with Crippen molar-refractivity contribution in [2.45, 2.75) is 39.6 Å². The van der Waals surface area contributed by atoms with Crippen LogP contribution in [0.5, 0.6) is 0 Å². The van der Waals surface area contributed by atoms with Gasteiger partial charge in [0, 0.05) is 0 Å². The van der Waals surface area contributed by atoms with E-state index in [1.54, 1.807) is 20.8 Å². The largest absolute Gasteiger partial charge is 0.393 e. The van der Waals surface area contributed by atoms with E-state index in [2.05, 4.69) is 11.3 Å². The summed E-state index contributed by atoms with van der Waals surface area (Å²) in [6.07, 6.45) is 0.0729. The number of hydrogen-bond acceptors (Lipinski definition) is 2. The molecule has 0 aromatic carbocycles. The molecule has 0 saturated heterocycles. The molecular weight excluding hydrogens is 190 g/mol. The van der Waals surface area contributed by atoms with Gasteiger partial charge in [0.05, 0.1) is 12.2 Å². The minimum atomic E-state index is -2.80. The molecule has 0 spiro atoms. The van der Waals surface area contributed by atoms with Gasteiger partial charge in [-0.3, -0.25) is 0 Å². The zero-order valence-corrected chi connectivity index (χ0v) is 8.78. The summed E-state index contributed by atoms with van der Waals surface area (Å²) in [6, 6.07) is 0. The van der Waals surface area contributed by atoms with Gasteiger partial charge >= 0.3 is 6.61 Å². The van der Waals surface area contributed by atoms with Crippen LogP contribution in [0, 0.1) is 11.8 Å². The van der Waals surface area contributed by atoms with Gasteiger partial charge in [-0.25, -0.2) is 0 Å². The molecule has 0 saturated carbocycles. The van der Waals surface area contributed by atoms with Gasteiger partial charge in [-0.15, -0.1) is 6.58 Å². The van der Waals surface area contributed by atoms with Crippen molar-refractivity contribution < 1.29 is 18.6 Å². The highest BCUT2D eigenvalue weighted by Crippen LogP contribution is 2.23. The highest BCUT2D eigenvalue weighted by atomic mass is 19.3. The summed E-state index contributed by atoms with van der Waals surface area (Å²) in [5.74, 6) is -0.307. The van der Waals surface area contributed by atoms with Crippen molar-refractivity contribution in [1.82, 2.24) is 0 Å². The maximum Gasteiger partial charge on any atom is 0.345 e. The first-order valence-electron chi connectivity index (χ1n) is 4.64. The zero-order valence-electron chi connectivity index (χ0n) is 8.78. The molecule has 0 aromatic rings. The predicted molar refractivity (Wildman–Crippen MR) is 51.1 cm³/mol. The van der Waals surface area contributed by atoms with E-state index in [4.69, 9.17) is 0 Å². The van der Waals surface area contributed by atoms with Gasteiger partial charge in [0.1, 0.15) is 0 Å². The number of halogens is 2. The number of aliphatic hydroxyl groups excluding tert-OH is 1. The van der Waals surface area contributed by atoms with Gasteiger partial charge in [0.25, 0.3) is 0 Å². The molecular formula is C10H18F2O2. The summed E-state index contributed by atoms with van der Waals surface area (Å²) in [6.45, 7) is 5.81. The summed E-state index contributed by atoms with van der Waals surface area (Å²) >= 11 is 0. The third-order valence-corrected chi connectivity index (χ3v) is 2.60. The molecule has 0 bridgehead atoms. The van der Waals surface area contributed by atoms with Crippen molar-refractivity contribution in [1.29, 1.82) is 0 Å². The van der Waals surface area contributed by atoms with Crippen LogP contribution >= 0.6 is 0 Å². The number of hydrogen-bond donors (Lipinski definition) is 1. The van der Waals surface area contributed by atoms with Crippen molar-refractivity contribution >= 4 is 0 Å². The minimum Gasteiger partial charge on any atom is -0.393 e. The number of ether oxygens (including phenoxy) is 1. The van der Waals surface area contributed by atoms with Crippen LogP contribution in [0.15, 0.2) is 12.7 Å². The maximum atomic E-state index is 12.0. The first-order chi connectivity index (χ1) is 6.40. The van der Waals surface area contributed by atoms with Crippen LogP contribution in [0.2, 0.25) is 0 Å². The fourth-order valence-electron chi connectivity index (χ4n) is 1.25. The minimum absolute atomic E-state index is 0.114. The van der Waals surface area contributed by atoms with Crippen LogP contribution in [-0.4, -0.2) is 23.9 Å². The first kappa shape index (κ1) is 13.5. The van der Waals surface area contributed by atoms with Crippen LogP contribution in [-0.2, 0) is 4.74 Å². The van der Waals surface area contributed by atoms with Crippen molar-refractivity contribution in [2.75, 3.05) is 0 Å². The fraction of sp³-hybridized carbons (Fsp3) is 0.800. The van der Waals surface area contributed by atoms with E-state index in [1.807, 2.05) is 0 Å². The normalized spacial score (nSPS) is 20.2.